The molecule has 5 nitrogen and oxygen atoms in total. The molecule has 0 bridgehead atoms. The Bertz CT molecular complexity index is 821. The molecule has 2 heterocycles. The van der Waals surface area contributed by atoms with E-state index in [4.69, 9.17) is 4.74 Å². The average molecular weight is 366 g/mol. The molecule has 4 rings (SSSR count). The lowest BCUT2D eigenvalue weighted by molar-refractivity contribution is 0.0694. The second-order valence-corrected chi connectivity index (χ2v) is 7.74. The number of rotatable bonds is 5. The SMILES string of the molecule is COc1ccc([C@H]2[C@@H]3CN(Cc4ccccc4C(=O)O)C[C@@H]3CN2C)cc1. The van der Waals surface area contributed by atoms with Crippen LogP contribution in [0, 0.1) is 11.8 Å². The zero-order chi connectivity index (χ0) is 19.0. The Kier molecular flexibility index (Phi) is 4.89. The highest BCUT2D eigenvalue weighted by Gasteiger charge is 2.46. The van der Waals surface area contributed by atoms with E-state index in [-0.39, 0.29) is 0 Å². The average Bonchev–Trinajstić information content (AvgIpc) is 3.17. The molecule has 3 atom stereocenters. The van der Waals surface area contributed by atoms with Gasteiger partial charge in [0.15, 0.2) is 0 Å². The van der Waals surface area contributed by atoms with Gasteiger partial charge in [-0.1, -0.05) is 30.3 Å². The van der Waals surface area contributed by atoms with Gasteiger partial charge in [0.25, 0.3) is 0 Å². The molecule has 2 saturated heterocycles. The molecule has 5 heteroatoms. The van der Waals surface area contributed by atoms with Crippen LogP contribution in [-0.4, -0.2) is 54.7 Å². The summed E-state index contributed by atoms with van der Waals surface area (Å²) < 4.78 is 5.29. The summed E-state index contributed by atoms with van der Waals surface area (Å²) >= 11 is 0. The van der Waals surface area contributed by atoms with Crippen molar-refractivity contribution in [1.82, 2.24) is 9.80 Å². The molecular weight excluding hydrogens is 340 g/mol. The Hall–Kier alpha value is -2.37. The van der Waals surface area contributed by atoms with Gasteiger partial charge < -0.3 is 9.84 Å². The topological polar surface area (TPSA) is 53.0 Å². The molecule has 2 fully saturated rings. The van der Waals surface area contributed by atoms with E-state index in [2.05, 4.69) is 29.0 Å². The number of likely N-dealkylation sites (tertiary alicyclic amines) is 2. The first kappa shape index (κ1) is 18.0. The van der Waals surface area contributed by atoms with Gasteiger partial charge in [0.2, 0.25) is 0 Å². The molecular formula is C22H26N2O3. The van der Waals surface area contributed by atoms with E-state index in [1.807, 2.05) is 24.3 Å². The largest absolute Gasteiger partial charge is 0.497 e. The summed E-state index contributed by atoms with van der Waals surface area (Å²) in [5.41, 5.74) is 2.65. The number of hydrogen-bond acceptors (Lipinski definition) is 4. The van der Waals surface area contributed by atoms with Crippen molar-refractivity contribution in [2.75, 3.05) is 33.8 Å². The molecule has 2 aromatic carbocycles. The van der Waals surface area contributed by atoms with Crippen molar-refractivity contribution in [2.45, 2.75) is 12.6 Å². The smallest absolute Gasteiger partial charge is 0.336 e. The van der Waals surface area contributed by atoms with E-state index in [9.17, 15) is 9.90 Å². The lowest BCUT2D eigenvalue weighted by Gasteiger charge is -2.27. The third-order valence-electron chi connectivity index (χ3n) is 6.07. The number of carboxylic acid groups (broad SMARTS) is 1. The molecule has 1 N–H and O–H groups in total. The third-order valence-corrected chi connectivity index (χ3v) is 6.07. The maximum atomic E-state index is 11.5. The van der Waals surface area contributed by atoms with E-state index >= 15 is 0 Å². The minimum atomic E-state index is -0.846. The van der Waals surface area contributed by atoms with Crippen LogP contribution in [-0.2, 0) is 6.54 Å². The maximum absolute atomic E-state index is 11.5. The number of nitrogens with zero attached hydrogens (tertiary/aromatic N) is 2. The normalized spacial score (nSPS) is 25.5. The van der Waals surface area contributed by atoms with E-state index < -0.39 is 5.97 Å². The first-order valence-electron chi connectivity index (χ1n) is 9.44. The number of hydrogen-bond donors (Lipinski definition) is 1. The highest BCUT2D eigenvalue weighted by molar-refractivity contribution is 5.89. The standard InChI is InChI=1S/C22H26N2O3/c1-23-11-17-13-24(12-16-5-3-4-6-19(16)22(25)26)14-20(17)21(23)15-7-9-18(27-2)10-8-15/h3-10,17,20-21H,11-14H2,1-2H3,(H,25,26)/t17-,20+,21-/m0/s1. The monoisotopic (exact) mass is 366 g/mol. The first-order valence-corrected chi connectivity index (χ1v) is 9.44. The van der Waals surface area contributed by atoms with E-state index in [0.717, 1.165) is 30.9 Å². The minimum Gasteiger partial charge on any atom is -0.497 e. The predicted octanol–water partition coefficient (Wildman–Crippen LogP) is 3.13. The van der Waals surface area contributed by atoms with Gasteiger partial charge in [-0.05, 0) is 48.2 Å². The molecule has 2 aromatic rings. The van der Waals surface area contributed by atoms with Crippen molar-refractivity contribution < 1.29 is 14.6 Å². The molecule has 142 valence electrons. The van der Waals surface area contributed by atoms with Crippen LogP contribution in [0.1, 0.15) is 27.5 Å². The molecule has 2 aliphatic heterocycles. The molecule has 0 spiro atoms. The summed E-state index contributed by atoms with van der Waals surface area (Å²) in [5, 5.41) is 9.43. The second kappa shape index (κ2) is 7.33. The number of ether oxygens (including phenoxy) is 1. The number of benzene rings is 2. The fourth-order valence-electron chi connectivity index (χ4n) is 4.89. The van der Waals surface area contributed by atoms with Crippen molar-refractivity contribution in [1.29, 1.82) is 0 Å². The Labute approximate surface area is 160 Å². The zero-order valence-corrected chi connectivity index (χ0v) is 15.8. The van der Waals surface area contributed by atoms with Crippen molar-refractivity contribution in [2.24, 2.45) is 11.8 Å². The summed E-state index contributed by atoms with van der Waals surface area (Å²) in [6.07, 6.45) is 0. The number of methoxy groups -OCH3 is 1. The van der Waals surface area contributed by atoms with Crippen LogP contribution in [0.25, 0.3) is 0 Å². The van der Waals surface area contributed by atoms with Crippen LogP contribution >= 0.6 is 0 Å². The molecule has 0 aliphatic carbocycles. The highest BCUT2D eigenvalue weighted by Crippen LogP contribution is 2.44. The first-order chi connectivity index (χ1) is 13.1. The predicted molar refractivity (Wildman–Crippen MR) is 104 cm³/mol. The Morgan fingerprint density at radius 3 is 2.56 bits per heavy atom. The van der Waals surface area contributed by atoms with E-state index in [1.54, 1.807) is 19.2 Å². The van der Waals surface area contributed by atoms with Gasteiger partial charge in [0.1, 0.15) is 5.75 Å². The lowest BCUT2D eigenvalue weighted by Crippen LogP contribution is -2.29. The fourth-order valence-corrected chi connectivity index (χ4v) is 4.89. The van der Waals surface area contributed by atoms with Crippen LogP contribution in [0.5, 0.6) is 5.75 Å². The van der Waals surface area contributed by atoms with Crippen LogP contribution < -0.4 is 4.74 Å². The Morgan fingerprint density at radius 1 is 1.11 bits per heavy atom. The Morgan fingerprint density at radius 2 is 1.85 bits per heavy atom. The van der Waals surface area contributed by atoms with Crippen molar-refractivity contribution >= 4 is 5.97 Å². The molecule has 27 heavy (non-hydrogen) atoms. The number of carbonyl (C=O) groups is 1. The maximum Gasteiger partial charge on any atom is 0.336 e. The Balaban J connectivity index is 1.50. The lowest BCUT2D eigenvalue weighted by atomic mass is 9.89. The van der Waals surface area contributed by atoms with Gasteiger partial charge in [-0.15, -0.1) is 0 Å². The van der Waals surface area contributed by atoms with Crippen molar-refractivity contribution in [3.8, 4) is 5.75 Å². The van der Waals surface area contributed by atoms with Gasteiger partial charge in [-0.2, -0.15) is 0 Å². The summed E-state index contributed by atoms with van der Waals surface area (Å²) in [6.45, 7) is 3.81. The minimum absolute atomic E-state index is 0.403. The van der Waals surface area contributed by atoms with Gasteiger partial charge >= 0.3 is 5.97 Å². The number of aromatic carboxylic acids is 1. The van der Waals surface area contributed by atoms with Crippen LogP contribution in [0.4, 0.5) is 0 Å². The van der Waals surface area contributed by atoms with Gasteiger partial charge in [-0.3, -0.25) is 9.80 Å². The van der Waals surface area contributed by atoms with Gasteiger partial charge in [-0.25, -0.2) is 4.79 Å². The quantitative estimate of drug-likeness (QED) is 0.881. The number of fused-ring (bicyclic) bond motifs is 1. The van der Waals surface area contributed by atoms with Gasteiger partial charge in [0.05, 0.1) is 12.7 Å². The molecule has 2 aliphatic rings. The van der Waals surface area contributed by atoms with Crippen LogP contribution in [0.3, 0.4) is 0 Å². The highest BCUT2D eigenvalue weighted by atomic mass is 16.5. The molecule has 0 aromatic heterocycles. The third kappa shape index (κ3) is 3.45. The van der Waals surface area contributed by atoms with Crippen molar-refractivity contribution in [3.05, 3.63) is 65.2 Å². The number of carboxylic acids is 1. The van der Waals surface area contributed by atoms with Crippen LogP contribution in [0.15, 0.2) is 48.5 Å². The molecule has 0 amide bonds. The summed E-state index contributed by atoms with van der Waals surface area (Å²) in [4.78, 5) is 16.4. The van der Waals surface area contributed by atoms with E-state index in [1.165, 1.54) is 5.56 Å². The van der Waals surface area contributed by atoms with E-state index in [0.29, 0.717) is 30.0 Å². The van der Waals surface area contributed by atoms with Gasteiger partial charge in [0, 0.05) is 32.2 Å². The second-order valence-electron chi connectivity index (χ2n) is 7.74. The molecule has 0 saturated carbocycles. The molecule has 0 radical (unpaired) electrons. The summed E-state index contributed by atoms with van der Waals surface area (Å²) in [5.74, 6) is 1.23. The molecule has 0 unspecified atom stereocenters. The summed E-state index contributed by atoms with van der Waals surface area (Å²) in [6, 6.07) is 16.2. The zero-order valence-electron chi connectivity index (χ0n) is 15.8. The summed E-state index contributed by atoms with van der Waals surface area (Å²) in [7, 11) is 3.90. The van der Waals surface area contributed by atoms with Crippen molar-refractivity contribution in [3.63, 3.8) is 0 Å². The fraction of sp³-hybridized carbons (Fsp3) is 0.409. The van der Waals surface area contributed by atoms with Crippen LogP contribution in [0.2, 0.25) is 0 Å².